The molecule has 0 aliphatic carbocycles. The number of hydrogen-bond acceptors (Lipinski definition) is 6. The van der Waals surface area contributed by atoms with E-state index in [9.17, 15) is 15.3 Å². The zero-order chi connectivity index (χ0) is 20.8. The van der Waals surface area contributed by atoms with E-state index in [1.807, 2.05) is 23.9 Å². The molecule has 29 heavy (non-hydrogen) atoms. The van der Waals surface area contributed by atoms with E-state index in [0.29, 0.717) is 18.7 Å². The smallest absolute Gasteiger partial charge is 0.133 e. The molecule has 0 saturated carbocycles. The molecule has 1 aliphatic rings. The van der Waals surface area contributed by atoms with Crippen LogP contribution in [0, 0.1) is 0 Å². The minimum absolute atomic E-state index is 0.0666. The Morgan fingerprint density at radius 3 is 2.59 bits per heavy atom. The zero-order valence-corrected chi connectivity index (χ0v) is 18.0. The molecular weight excluding hydrogens is 386 g/mol. The van der Waals surface area contributed by atoms with E-state index >= 15 is 0 Å². The summed E-state index contributed by atoms with van der Waals surface area (Å²) in [5.41, 5.74) is 1.80. The molecule has 0 saturated heterocycles. The number of rotatable bonds is 9. The molecule has 0 radical (unpaired) electrons. The summed E-state index contributed by atoms with van der Waals surface area (Å²) >= 11 is 1.82. The van der Waals surface area contributed by atoms with Crippen molar-refractivity contribution in [1.29, 1.82) is 0 Å². The van der Waals surface area contributed by atoms with Crippen LogP contribution in [0.25, 0.3) is 0 Å². The first kappa shape index (κ1) is 21.8. The largest absolute Gasteiger partial charge is 0.507 e. The fourth-order valence-corrected chi connectivity index (χ4v) is 4.69. The second-order valence-corrected chi connectivity index (χ2v) is 8.73. The van der Waals surface area contributed by atoms with Gasteiger partial charge in [-0.3, -0.25) is 4.90 Å². The van der Waals surface area contributed by atoms with Gasteiger partial charge in [0.05, 0.1) is 4.90 Å². The van der Waals surface area contributed by atoms with Crippen molar-refractivity contribution in [2.45, 2.75) is 56.7 Å². The molecule has 3 rings (SSSR count). The van der Waals surface area contributed by atoms with Crippen molar-refractivity contribution in [3.05, 3.63) is 47.5 Å². The topological polar surface area (TPSA) is 73.2 Å². The van der Waals surface area contributed by atoms with Gasteiger partial charge in [-0.2, -0.15) is 0 Å². The number of fused-ring (bicyclic) bond motifs is 1. The number of hydrogen-bond donors (Lipinski definition) is 3. The van der Waals surface area contributed by atoms with Gasteiger partial charge in [-0.15, -0.1) is 11.8 Å². The van der Waals surface area contributed by atoms with Gasteiger partial charge in [0, 0.05) is 24.7 Å². The molecule has 0 aromatic heterocycles. The molecule has 1 heterocycles. The molecule has 3 N–H and O–H groups in total. The van der Waals surface area contributed by atoms with Crippen molar-refractivity contribution < 1.29 is 20.1 Å². The van der Waals surface area contributed by atoms with Crippen molar-refractivity contribution in [2.24, 2.45) is 0 Å². The summed E-state index contributed by atoms with van der Waals surface area (Å²) in [5.74, 6) is 2.08. The molecule has 158 valence electrons. The van der Waals surface area contributed by atoms with Crippen LogP contribution in [0.3, 0.4) is 0 Å². The highest BCUT2D eigenvalue weighted by molar-refractivity contribution is 7.99. The molecule has 2 unspecified atom stereocenters. The molecule has 0 fully saturated rings. The molecular formula is C23H31NO4S. The Morgan fingerprint density at radius 1 is 1.14 bits per heavy atom. The Kier molecular flexibility index (Phi) is 7.70. The number of aliphatic hydroxyl groups is 1. The SMILES string of the molecule is CCC(C)N(Cc1c(O)cccc1O)CC(O)COc1cccc2c1SCCC2. The first-order chi connectivity index (χ1) is 14.0. The van der Waals surface area contributed by atoms with Gasteiger partial charge in [0.25, 0.3) is 0 Å². The van der Waals surface area contributed by atoms with Crippen LogP contribution in [0.4, 0.5) is 0 Å². The second kappa shape index (κ2) is 10.2. The third-order valence-electron chi connectivity index (χ3n) is 5.48. The standard InChI is InChI=1S/C23H31NO4S/c1-3-16(2)24(14-19-20(26)9-5-10-21(19)27)13-18(25)15-28-22-11-4-7-17-8-6-12-29-23(17)22/h4-5,7,9-11,16,18,25-27H,3,6,8,12-15H2,1-2H3. The summed E-state index contributed by atoms with van der Waals surface area (Å²) in [5, 5.41) is 30.9. The van der Waals surface area contributed by atoms with Crippen molar-refractivity contribution in [1.82, 2.24) is 4.90 Å². The number of benzene rings is 2. The summed E-state index contributed by atoms with van der Waals surface area (Å²) < 4.78 is 5.98. The number of nitrogens with zero attached hydrogens (tertiary/aromatic N) is 1. The van der Waals surface area contributed by atoms with Crippen LogP contribution in [0.5, 0.6) is 17.2 Å². The average Bonchev–Trinajstić information content (AvgIpc) is 2.73. The number of aromatic hydroxyl groups is 2. The van der Waals surface area contributed by atoms with Gasteiger partial charge in [0.15, 0.2) is 0 Å². The molecule has 6 heteroatoms. The summed E-state index contributed by atoms with van der Waals surface area (Å²) in [6.45, 7) is 5.12. The Balaban J connectivity index is 1.64. The Morgan fingerprint density at radius 2 is 1.86 bits per heavy atom. The average molecular weight is 418 g/mol. The second-order valence-electron chi connectivity index (χ2n) is 7.62. The maximum Gasteiger partial charge on any atom is 0.133 e. The zero-order valence-electron chi connectivity index (χ0n) is 17.2. The minimum Gasteiger partial charge on any atom is -0.507 e. The van der Waals surface area contributed by atoms with E-state index in [2.05, 4.69) is 24.8 Å². The number of phenolic OH excluding ortho intramolecular Hbond substituents is 2. The molecule has 1 aliphatic heterocycles. The molecule has 0 spiro atoms. The van der Waals surface area contributed by atoms with Gasteiger partial charge in [-0.05, 0) is 55.7 Å². The van der Waals surface area contributed by atoms with Crippen LogP contribution < -0.4 is 4.74 Å². The van der Waals surface area contributed by atoms with E-state index in [4.69, 9.17) is 4.74 Å². The minimum atomic E-state index is -0.679. The Labute approximate surface area is 177 Å². The van der Waals surface area contributed by atoms with E-state index in [0.717, 1.165) is 24.3 Å². The van der Waals surface area contributed by atoms with Crippen molar-refractivity contribution >= 4 is 11.8 Å². The van der Waals surface area contributed by atoms with Gasteiger partial charge in [0.2, 0.25) is 0 Å². The molecule has 2 aromatic carbocycles. The van der Waals surface area contributed by atoms with Crippen LogP contribution in [0.2, 0.25) is 0 Å². The third-order valence-corrected chi connectivity index (χ3v) is 6.72. The molecule has 5 nitrogen and oxygen atoms in total. The first-order valence-corrected chi connectivity index (χ1v) is 11.3. The summed E-state index contributed by atoms with van der Waals surface area (Å²) in [6, 6.07) is 11.1. The number of aliphatic hydroxyl groups excluding tert-OH is 1. The van der Waals surface area contributed by atoms with Crippen LogP contribution in [0.15, 0.2) is 41.3 Å². The maximum absolute atomic E-state index is 10.6. The van der Waals surface area contributed by atoms with Crippen LogP contribution in [0.1, 0.15) is 37.8 Å². The molecule has 0 bridgehead atoms. The van der Waals surface area contributed by atoms with Gasteiger partial charge < -0.3 is 20.1 Å². The normalized spacial score (nSPS) is 15.7. The van der Waals surface area contributed by atoms with Crippen molar-refractivity contribution in [2.75, 3.05) is 18.9 Å². The number of thioether (sulfide) groups is 1. The van der Waals surface area contributed by atoms with Crippen molar-refractivity contribution in [3.8, 4) is 17.2 Å². The quantitative estimate of drug-likeness (QED) is 0.569. The lowest BCUT2D eigenvalue weighted by Crippen LogP contribution is -2.40. The summed E-state index contributed by atoms with van der Waals surface area (Å²) in [7, 11) is 0. The predicted octanol–water partition coefficient (Wildman–Crippen LogP) is 4.18. The lowest BCUT2D eigenvalue weighted by molar-refractivity contribution is 0.0492. The first-order valence-electron chi connectivity index (χ1n) is 10.3. The van der Waals surface area contributed by atoms with Gasteiger partial charge >= 0.3 is 0 Å². The van der Waals surface area contributed by atoms with Crippen LogP contribution in [-0.4, -0.2) is 51.3 Å². The Bertz CT molecular complexity index is 793. The van der Waals surface area contributed by atoms with Crippen molar-refractivity contribution in [3.63, 3.8) is 0 Å². The van der Waals surface area contributed by atoms with E-state index in [1.54, 1.807) is 18.2 Å². The fraction of sp³-hybridized carbons (Fsp3) is 0.478. The summed E-state index contributed by atoms with van der Waals surface area (Å²) in [4.78, 5) is 3.27. The fourth-order valence-electron chi connectivity index (χ4n) is 3.57. The van der Waals surface area contributed by atoms with Crippen LogP contribution >= 0.6 is 11.8 Å². The van der Waals surface area contributed by atoms with Gasteiger partial charge in [0.1, 0.15) is 30.0 Å². The van der Waals surface area contributed by atoms with E-state index in [-0.39, 0.29) is 24.1 Å². The molecule has 2 atom stereocenters. The number of phenols is 2. The number of aryl methyl sites for hydroxylation is 1. The predicted molar refractivity (Wildman–Crippen MR) is 117 cm³/mol. The van der Waals surface area contributed by atoms with Crippen LogP contribution in [-0.2, 0) is 13.0 Å². The Hall–Kier alpha value is -1.89. The lowest BCUT2D eigenvalue weighted by Gasteiger charge is -2.31. The van der Waals surface area contributed by atoms with E-state index in [1.165, 1.54) is 16.9 Å². The lowest BCUT2D eigenvalue weighted by atomic mass is 10.1. The summed E-state index contributed by atoms with van der Waals surface area (Å²) in [6.07, 6.45) is 2.48. The van der Waals surface area contributed by atoms with E-state index < -0.39 is 6.10 Å². The van der Waals surface area contributed by atoms with Gasteiger partial charge in [-0.1, -0.05) is 25.1 Å². The van der Waals surface area contributed by atoms with Gasteiger partial charge in [-0.25, -0.2) is 0 Å². The molecule has 2 aromatic rings. The highest BCUT2D eigenvalue weighted by Gasteiger charge is 2.21. The molecule has 0 amide bonds. The highest BCUT2D eigenvalue weighted by atomic mass is 32.2. The maximum atomic E-state index is 10.6. The monoisotopic (exact) mass is 417 g/mol. The number of ether oxygens (including phenoxy) is 1. The highest BCUT2D eigenvalue weighted by Crippen LogP contribution is 2.37. The third kappa shape index (κ3) is 5.59.